The Morgan fingerprint density at radius 1 is 1.38 bits per heavy atom. The Morgan fingerprint density at radius 2 is 2.19 bits per heavy atom. The number of thiazole rings is 1. The van der Waals surface area contributed by atoms with E-state index < -0.39 is 0 Å². The molecule has 0 spiro atoms. The fraction of sp³-hybridized carbons (Fsp3) is 0.562. The minimum absolute atomic E-state index is 0.556. The number of methoxy groups -OCH3 is 1. The smallest absolute Gasteiger partial charge is 0.184 e. The summed E-state index contributed by atoms with van der Waals surface area (Å²) >= 11 is 1.72. The normalized spacial score (nSPS) is 17.2. The van der Waals surface area contributed by atoms with Crippen LogP contribution in [0.2, 0.25) is 0 Å². The van der Waals surface area contributed by atoms with Crippen molar-refractivity contribution in [2.45, 2.75) is 32.2 Å². The Balaban J connectivity index is 1.63. The van der Waals surface area contributed by atoms with E-state index in [4.69, 9.17) is 4.74 Å². The number of piperidine rings is 1. The molecule has 1 saturated heterocycles. The lowest BCUT2D eigenvalue weighted by Gasteiger charge is -2.31. The second kappa shape index (κ2) is 6.62. The number of benzene rings is 1. The van der Waals surface area contributed by atoms with Gasteiger partial charge in [0.15, 0.2) is 5.13 Å². The van der Waals surface area contributed by atoms with Crippen LogP contribution in [0, 0.1) is 0 Å². The van der Waals surface area contributed by atoms with Gasteiger partial charge in [-0.2, -0.15) is 0 Å². The molecule has 5 heteroatoms. The molecule has 21 heavy (non-hydrogen) atoms. The Morgan fingerprint density at radius 3 is 2.90 bits per heavy atom. The highest BCUT2D eigenvalue weighted by molar-refractivity contribution is 7.22. The summed E-state index contributed by atoms with van der Waals surface area (Å²) in [5, 5.41) is 4.64. The Hall–Kier alpha value is -1.33. The van der Waals surface area contributed by atoms with Crippen molar-refractivity contribution in [2.24, 2.45) is 0 Å². The Labute approximate surface area is 130 Å². The van der Waals surface area contributed by atoms with Crippen molar-refractivity contribution in [2.75, 3.05) is 32.1 Å². The molecule has 1 aromatic heterocycles. The monoisotopic (exact) mass is 305 g/mol. The molecule has 0 unspecified atom stereocenters. The third-order valence-electron chi connectivity index (χ3n) is 4.05. The van der Waals surface area contributed by atoms with Crippen molar-refractivity contribution in [1.82, 2.24) is 9.88 Å². The molecule has 0 amide bonds. The molecule has 1 aliphatic rings. The highest BCUT2D eigenvalue weighted by Gasteiger charge is 2.19. The maximum absolute atomic E-state index is 5.27. The molecule has 1 aliphatic heterocycles. The van der Waals surface area contributed by atoms with E-state index in [2.05, 4.69) is 28.2 Å². The van der Waals surface area contributed by atoms with E-state index in [0.29, 0.717) is 6.04 Å². The molecular formula is C16H23N3OS. The zero-order chi connectivity index (χ0) is 14.7. The molecule has 3 rings (SSSR count). The first-order chi connectivity index (χ1) is 10.3. The Bertz CT molecular complexity index is 590. The number of likely N-dealkylation sites (tertiary alicyclic amines) is 1. The first-order valence-corrected chi connectivity index (χ1v) is 8.53. The lowest BCUT2D eigenvalue weighted by atomic mass is 10.1. The molecule has 2 aromatic rings. The summed E-state index contributed by atoms with van der Waals surface area (Å²) in [6.07, 6.45) is 3.66. The number of nitrogens with one attached hydrogen (secondary N) is 1. The molecule has 114 valence electrons. The van der Waals surface area contributed by atoms with Gasteiger partial charge in [-0.05, 0) is 44.0 Å². The van der Waals surface area contributed by atoms with Gasteiger partial charge in [0.1, 0.15) is 5.75 Å². The maximum atomic E-state index is 5.27. The van der Waals surface area contributed by atoms with Crippen LogP contribution in [0.3, 0.4) is 0 Å². The van der Waals surface area contributed by atoms with Crippen molar-refractivity contribution in [1.29, 1.82) is 0 Å². The molecule has 0 aliphatic carbocycles. The van der Waals surface area contributed by atoms with E-state index in [-0.39, 0.29) is 0 Å². The van der Waals surface area contributed by atoms with E-state index >= 15 is 0 Å². The summed E-state index contributed by atoms with van der Waals surface area (Å²) in [4.78, 5) is 7.23. The van der Waals surface area contributed by atoms with E-state index in [9.17, 15) is 0 Å². The number of anilines is 1. The number of nitrogens with zero attached hydrogens (tertiary/aromatic N) is 2. The third-order valence-corrected chi connectivity index (χ3v) is 5.00. The third kappa shape index (κ3) is 3.47. The number of hydrogen-bond acceptors (Lipinski definition) is 5. The zero-order valence-corrected chi connectivity index (χ0v) is 13.6. The number of hydrogen-bond donors (Lipinski definition) is 1. The average Bonchev–Trinajstić information content (AvgIpc) is 2.90. The van der Waals surface area contributed by atoms with Crippen molar-refractivity contribution in [3.8, 4) is 5.75 Å². The second-order valence-corrected chi connectivity index (χ2v) is 6.64. The van der Waals surface area contributed by atoms with Crippen LogP contribution in [0.25, 0.3) is 10.2 Å². The van der Waals surface area contributed by atoms with E-state index in [0.717, 1.165) is 16.4 Å². The molecule has 0 atom stereocenters. The first-order valence-electron chi connectivity index (χ1n) is 7.72. The van der Waals surface area contributed by atoms with Crippen LogP contribution < -0.4 is 10.1 Å². The van der Waals surface area contributed by atoms with E-state index in [1.54, 1.807) is 18.4 Å². The van der Waals surface area contributed by atoms with Gasteiger partial charge in [0, 0.05) is 19.1 Å². The predicted octanol–water partition coefficient (Wildman–Crippen LogP) is 3.59. The van der Waals surface area contributed by atoms with Crippen LogP contribution in [0.1, 0.15) is 26.2 Å². The van der Waals surface area contributed by atoms with Gasteiger partial charge in [-0.3, -0.25) is 0 Å². The quantitative estimate of drug-likeness (QED) is 0.916. The van der Waals surface area contributed by atoms with Gasteiger partial charge in [-0.15, -0.1) is 0 Å². The molecule has 1 aromatic carbocycles. The van der Waals surface area contributed by atoms with Gasteiger partial charge >= 0.3 is 0 Å². The molecule has 0 bridgehead atoms. The van der Waals surface area contributed by atoms with Crippen LogP contribution >= 0.6 is 11.3 Å². The number of fused-ring (bicyclic) bond motifs is 1. The molecular weight excluding hydrogens is 282 g/mol. The van der Waals surface area contributed by atoms with Crippen LogP contribution in [-0.4, -0.2) is 42.7 Å². The fourth-order valence-electron chi connectivity index (χ4n) is 2.89. The number of ether oxygens (including phenoxy) is 1. The van der Waals surface area contributed by atoms with Crippen molar-refractivity contribution < 1.29 is 4.74 Å². The van der Waals surface area contributed by atoms with Gasteiger partial charge in [-0.1, -0.05) is 18.3 Å². The molecule has 0 saturated carbocycles. The summed E-state index contributed by atoms with van der Waals surface area (Å²) < 4.78 is 6.45. The van der Waals surface area contributed by atoms with Crippen LogP contribution in [0.5, 0.6) is 5.75 Å². The molecule has 1 N–H and O–H groups in total. The summed E-state index contributed by atoms with van der Waals surface area (Å²) in [6, 6.07) is 6.61. The SMILES string of the molecule is CCCN1CCC(Nc2nc3ccc(OC)cc3s2)CC1. The summed E-state index contributed by atoms with van der Waals surface area (Å²) in [5.41, 5.74) is 1.05. The highest BCUT2D eigenvalue weighted by atomic mass is 32.1. The topological polar surface area (TPSA) is 37.4 Å². The minimum Gasteiger partial charge on any atom is -0.497 e. The fourth-order valence-corrected chi connectivity index (χ4v) is 3.86. The number of aromatic nitrogens is 1. The predicted molar refractivity (Wildman–Crippen MR) is 89.5 cm³/mol. The van der Waals surface area contributed by atoms with Gasteiger partial charge in [0.25, 0.3) is 0 Å². The van der Waals surface area contributed by atoms with Gasteiger partial charge in [0.2, 0.25) is 0 Å². The molecule has 0 radical (unpaired) electrons. The zero-order valence-electron chi connectivity index (χ0n) is 12.8. The maximum Gasteiger partial charge on any atom is 0.184 e. The van der Waals surface area contributed by atoms with Crippen molar-refractivity contribution in [3.05, 3.63) is 18.2 Å². The van der Waals surface area contributed by atoms with Gasteiger partial charge < -0.3 is 15.0 Å². The van der Waals surface area contributed by atoms with E-state index in [1.165, 1.54) is 43.6 Å². The van der Waals surface area contributed by atoms with Crippen LogP contribution in [0.4, 0.5) is 5.13 Å². The second-order valence-electron chi connectivity index (χ2n) is 5.61. The average molecular weight is 305 g/mol. The number of rotatable bonds is 5. The summed E-state index contributed by atoms with van der Waals surface area (Å²) in [7, 11) is 1.70. The minimum atomic E-state index is 0.556. The Kier molecular flexibility index (Phi) is 4.60. The first kappa shape index (κ1) is 14.6. The molecule has 1 fully saturated rings. The lowest BCUT2D eigenvalue weighted by Crippen LogP contribution is -2.39. The lowest BCUT2D eigenvalue weighted by molar-refractivity contribution is 0.219. The van der Waals surface area contributed by atoms with Crippen LogP contribution in [-0.2, 0) is 0 Å². The highest BCUT2D eigenvalue weighted by Crippen LogP contribution is 2.30. The molecule has 2 heterocycles. The summed E-state index contributed by atoms with van der Waals surface area (Å²) in [5.74, 6) is 0.894. The van der Waals surface area contributed by atoms with Gasteiger partial charge in [0.05, 0.1) is 17.3 Å². The molecule has 4 nitrogen and oxygen atoms in total. The van der Waals surface area contributed by atoms with Gasteiger partial charge in [-0.25, -0.2) is 4.98 Å². The largest absolute Gasteiger partial charge is 0.497 e. The van der Waals surface area contributed by atoms with Crippen molar-refractivity contribution >= 4 is 26.7 Å². The summed E-state index contributed by atoms with van der Waals surface area (Å²) in [6.45, 7) is 5.88. The standard InChI is InChI=1S/C16H23N3OS/c1-3-8-19-9-6-12(7-10-19)17-16-18-14-5-4-13(20-2)11-15(14)21-16/h4-5,11-12H,3,6-10H2,1-2H3,(H,17,18). The van der Waals surface area contributed by atoms with E-state index in [1.807, 2.05) is 12.1 Å². The van der Waals surface area contributed by atoms with Crippen molar-refractivity contribution in [3.63, 3.8) is 0 Å². The van der Waals surface area contributed by atoms with Crippen LogP contribution in [0.15, 0.2) is 18.2 Å².